The van der Waals surface area contributed by atoms with Gasteiger partial charge in [0.05, 0.1) is 34.5 Å². The third kappa shape index (κ3) is 5.28. The van der Waals surface area contributed by atoms with Gasteiger partial charge in [-0.1, -0.05) is 24.3 Å². The maximum atomic E-state index is 12.7. The van der Waals surface area contributed by atoms with Crippen LogP contribution in [0.2, 0.25) is 0 Å². The van der Waals surface area contributed by atoms with E-state index in [-0.39, 0.29) is 26.7 Å². The number of nitrogens with zero attached hydrogens (tertiary/aromatic N) is 4. The summed E-state index contributed by atoms with van der Waals surface area (Å²) in [5.74, 6) is 0.766. The number of nitrogens with two attached hydrogens (primary N) is 1. The van der Waals surface area contributed by atoms with Crippen molar-refractivity contribution in [2.24, 2.45) is 0 Å². The van der Waals surface area contributed by atoms with E-state index in [0.717, 1.165) is 34.6 Å². The van der Waals surface area contributed by atoms with Crippen LogP contribution in [-0.2, 0) is 22.1 Å². The SMILES string of the molecule is CNCc1ccc(-c2nnc(-c3nc(-c4ccc(S(=O)C5CCOC5)cc4)cnc3N)o2)cc1.O.[HH].[HH].[HH]. The average molecular weight is 501 g/mol. The maximum Gasteiger partial charge on any atom is 0.270 e. The van der Waals surface area contributed by atoms with Gasteiger partial charge in [-0.3, -0.25) is 4.21 Å². The third-order valence-corrected chi connectivity index (χ3v) is 7.30. The van der Waals surface area contributed by atoms with E-state index in [1.165, 1.54) is 0 Å². The van der Waals surface area contributed by atoms with Crippen molar-refractivity contribution in [3.05, 3.63) is 60.3 Å². The largest absolute Gasteiger partial charge is 0.414 e. The molecule has 0 radical (unpaired) electrons. The summed E-state index contributed by atoms with van der Waals surface area (Å²) in [5.41, 5.74) is 9.76. The topological polar surface area (TPSA) is 161 Å². The lowest BCUT2D eigenvalue weighted by Gasteiger charge is -2.09. The highest BCUT2D eigenvalue weighted by atomic mass is 32.2. The summed E-state index contributed by atoms with van der Waals surface area (Å²) in [6, 6.07) is 15.3. The fraction of sp³-hybridized carbons (Fsp3) is 0.250. The average Bonchev–Trinajstić information content (AvgIpc) is 3.58. The number of rotatable bonds is 7. The molecule has 3 heterocycles. The first-order valence-corrected chi connectivity index (χ1v) is 12.1. The van der Waals surface area contributed by atoms with Gasteiger partial charge in [-0.15, -0.1) is 10.2 Å². The molecule has 0 bridgehead atoms. The van der Waals surface area contributed by atoms with Crippen LogP contribution < -0.4 is 11.1 Å². The standard InChI is InChI=1S/C24H24N6O3S.H2O.3H2/c1-26-12-15-2-4-17(5-3-15)23-29-30-24(33-23)21-22(25)27-13-20(28-21)16-6-8-18(9-7-16)34(31)19-10-11-32-14-19;;;;/h2-9,13,19,26H,10-12,14H2,1H3,(H2,25,27);1H2;3*1H. The quantitative estimate of drug-likeness (QED) is 0.388. The minimum atomic E-state index is -1.10. The second kappa shape index (κ2) is 10.8. The van der Waals surface area contributed by atoms with Gasteiger partial charge in [0.15, 0.2) is 11.5 Å². The van der Waals surface area contributed by atoms with Crippen LogP contribution in [0, 0.1) is 0 Å². The number of hydrogen-bond acceptors (Lipinski definition) is 9. The maximum absolute atomic E-state index is 12.7. The van der Waals surface area contributed by atoms with Crippen LogP contribution in [0.3, 0.4) is 0 Å². The normalized spacial score (nSPS) is 16.1. The molecule has 1 fully saturated rings. The molecule has 0 amide bonds. The van der Waals surface area contributed by atoms with Crippen LogP contribution in [0.1, 0.15) is 16.3 Å². The van der Waals surface area contributed by atoms with Crippen molar-refractivity contribution in [3.8, 4) is 34.3 Å². The molecule has 0 aliphatic carbocycles. The van der Waals surface area contributed by atoms with Gasteiger partial charge < -0.3 is 25.7 Å². The first-order valence-electron chi connectivity index (χ1n) is 10.9. The van der Waals surface area contributed by atoms with Crippen molar-refractivity contribution in [3.63, 3.8) is 0 Å². The molecule has 0 saturated carbocycles. The van der Waals surface area contributed by atoms with Crippen molar-refractivity contribution in [1.82, 2.24) is 25.5 Å². The summed E-state index contributed by atoms with van der Waals surface area (Å²) in [7, 11) is 0.804. The molecular weight excluding hydrogens is 468 g/mol. The van der Waals surface area contributed by atoms with E-state index < -0.39 is 10.8 Å². The van der Waals surface area contributed by atoms with E-state index in [2.05, 4.69) is 25.5 Å². The van der Waals surface area contributed by atoms with Crippen LogP contribution in [0.5, 0.6) is 0 Å². The molecule has 1 aliphatic rings. The minimum Gasteiger partial charge on any atom is -0.414 e. The van der Waals surface area contributed by atoms with Crippen molar-refractivity contribution in [2.45, 2.75) is 23.1 Å². The fourth-order valence-electron chi connectivity index (χ4n) is 3.73. The highest BCUT2D eigenvalue weighted by Crippen LogP contribution is 2.29. The van der Waals surface area contributed by atoms with E-state index in [0.29, 0.717) is 30.5 Å². The second-order valence-corrected chi connectivity index (χ2v) is 9.67. The molecule has 5 N–H and O–H groups in total. The van der Waals surface area contributed by atoms with Crippen LogP contribution in [-0.4, -0.2) is 55.4 Å². The lowest BCUT2D eigenvalue weighted by molar-refractivity contribution is 0.199. The molecule has 4 aromatic rings. The molecule has 35 heavy (non-hydrogen) atoms. The van der Waals surface area contributed by atoms with Gasteiger partial charge in [0, 0.05) is 33.5 Å². The Balaban J connectivity index is 0.00000180. The highest BCUT2D eigenvalue weighted by molar-refractivity contribution is 7.85. The van der Waals surface area contributed by atoms with E-state index in [9.17, 15) is 4.21 Å². The Labute approximate surface area is 209 Å². The smallest absolute Gasteiger partial charge is 0.270 e. The number of nitrogen functional groups attached to an aromatic ring is 1. The first-order chi connectivity index (χ1) is 16.6. The van der Waals surface area contributed by atoms with Gasteiger partial charge >= 0.3 is 0 Å². The van der Waals surface area contributed by atoms with E-state index in [4.69, 9.17) is 14.9 Å². The Bertz CT molecular complexity index is 1320. The molecule has 188 valence electrons. The fourth-order valence-corrected chi connectivity index (χ4v) is 5.05. The Morgan fingerprint density at radius 3 is 2.49 bits per heavy atom. The lowest BCUT2D eigenvalue weighted by atomic mass is 10.1. The Kier molecular flexibility index (Phi) is 7.61. The molecule has 2 atom stereocenters. The van der Waals surface area contributed by atoms with E-state index in [1.807, 2.05) is 55.6 Å². The molecule has 2 aromatic carbocycles. The summed E-state index contributed by atoms with van der Waals surface area (Å²) < 4.78 is 23.9. The molecular formula is C24H32N6O4S. The molecule has 5 rings (SSSR count). The van der Waals surface area contributed by atoms with Crippen molar-refractivity contribution in [1.29, 1.82) is 0 Å². The summed E-state index contributed by atoms with van der Waals surface area (Å²) in [4.78, 5) is 9.66. The molecule has 0 spiro atoms. The number of hydrogen-bond donors (Lipinski definition) is 2. The van der Waals surface area contributed by atoms with Crippen molar-refractivity contribution in [2.75, 3.05) is 26.0 Å². The van der Waals surface area contributed by atoms with Gasteiger partial charge in [0.1, 0.15) is 0 Å². The third-order valence-electron chi connectivity index (χ3n) is 5.58. The summed E-state index contributed by atoms with van der Waals surface area (Å²) in [6.07, 6.45) is 2.40. The van der Waals surface area contributed by atoms with Crippen LogP contribution in [0.4, 0.5) is 5.82 Å². The number of ether oxygens (including phenoxy) is 1. The molecule has 1 saturated heterocycles. The number of benzene rings is 2. The van der Waals surface area contributed by atoms with E-state index in [1.54, 1.807) is 6.20 Å². The van der Waals surface area contributed by atoms with Crippen molar-refractivity contribution < 1.29 is 23.1 Å². The second-order valence-electron chi connectivity index (χ2n) is 7.94. The molecule has 2 aromatic heterocycles. The predicted molar refractivity (Wildman–Crippen MR) is 139 cm³/mol. The summed E-state index contributed by atoms with van der Waals surface area (Å²) >= 11 is 0. The number of aromatic nitrogens is 4. The van der Waals surface area contributed by atoms with Gasteiger partial charge in [0.2, 0.25) is 5.89 Å². The van der Waals surface area contributed by atoms with Gasteiger partial charge in [-0.25, -0.2) is 9.97 Å². The molecule has 2 unspecified atom stereocenters. The zero-order valence-corrected chi connectivity index (χ0v) is 19.9. The monoisotopic (exact) mass is 500 g/mol. The van der Waals surface area contributed by atoms with Crippen LogP contribution >= 0.6 is 0 Å². The van der Waals surface area contributed by atoms with Gasteiger partial charge in [-0.2, -0.15) is 0 Å². The Morgan fingerprint density at radius 1 is 1.09 bits per heavy atom. The zero-order chi connectivity index (χ0) is 23.5. The summed E-state index contributed by atoms with van der Waals surface area (Å²) in [6.45, 7) is 1.98. The molecule has 1 aliphatic heterocycles. The van der Waals surface area contributed by atoms with E-state index >= 15 is 0 Å². The number of nitrogens with one attached hydrogen (secondary N) is 1. The minimum absolute atomic E-state index is 0. The predicted octanol–water partition coefficient (Wildman–Crippen LogP) is 2.97. The van der Waals surface area contributed by atoms with Crippen LogP contribution in [0.25, 0.3) is 34.3 Å². The lowest BCUT2D eigenvalue weighted by Crippen LogP contribution is -2.14. The first kappa shape index (κ1) is 24.6. The molecule has 11 heteroatoms. The summed E-state index contributed by atoms with van der Waals surface area (Å²) in [5, 5.41) is 11.4. The van der Waals surface area contributed by atoms with Crippen molar-refractivity contribution >= 4 is 16.6 Å². The van der Waals surface area contributed by atoms with Crippen LogP contribution in [0.15, 0.2) is 64.0 Å². The Morgan fingerprint density at radius 2 is 1.80 bits per heavy atom. The highest BCUT2D eigenvalue weighted by Gasteiger charge is 2.23. The van der Waals surface area contributed by atoms with Gasteiger partial charge in [-0.05, 0) is 43.3 Å². The Hall–Kier alpha value is -3.51. The zero-order valence-electron chi connectivity index (χ0n) is 19.1. The molecule has 10 nitrogen and oxygen atoms in total. The number of anilines is 1. The van der Waals surface area contributed by atoms with Gasteiger partial charge in [0.25, 0.3) is 5.89 Å².